The van der Waals surface area contributed by atoms with Crippen LogP contribution in [0.5, 0.6) is 5.75 Å². The van der Waals surface area contributed by atoms with Gasteiger partial charge >= 0.3 is 0 Å². The number of carbonyl (C=O) groups excluding carboxylic acids is 3. The van der Waals surface area contributed by atoms with Gasteiger partial charge in [-0.2, -0.15) is 5.10 Å². The summed E-state index contributed by atoms with van der Waals surface area (Å²) in [6.45, 7) is -0.265. The first-order chi connectivity index (χ1) is 14.0. The number of ether oxygens (including phenoxy) is 1. The van der Waals surface area contributed by atoms with Gasteiger partial charge in [-0.1, -0.05) is 12.1 Å². The van der Waals surface area contributed by atoms with Crippen molar-refractivity contribution in [2.24, 2.45) is 5.73 Å². The molecule has 146 valence electrons. The maximum Gasteiger partial charge on any atom is 0.276 e. The van der Waals surface area contributed by atoms with Gasteiger partial charge in [0.15, 0.2) is 12.3 Å². The Labute approximate surface area is 165 Å². The highest BCUT2D eigenvalue weighted by Gasteiger charge is 2.09. The average Bonchev–Trinajstić information content (AvgIpc) is 2.73. The van der Waals surface area contributed by atoms with E-state index in [2.05, 4.69) is 20.8 Å². The predicted octanol–water partition coefficient (Wildman–Crippen LogP) is 1.85. The molecule has 0 aliphatic rings. The van der Waals surface area contributed by atoms with Crippen molar-refractivity contribution in [2.75, 3.05) is 17.2 Å². The Kier molecular flexibility index (Phi) is 6.11. The van der Waals surface area contributed by atoms with Crippen LogP contribution in [0.2, 0.25) is 0 Å². The topological polar surface area (TPSA) is 136 Å². The molecule has 0 spiro atoms. The van der Waals surface area contributed by atoms with E-state index in [0.717, 1.165) is 0 Å². The number of aromatic nitrogens is 2. The highest BCUT2D eigenvalue weighted by Crippen LogP contribution is 2.16. The number of hydrogen-bond acceptors (Lipinski definition) is 6. The second kappa shape index (κ2) is 9.09. The van der Waals surface area contributed by atoms with Crippen molar-refractivity contribution in [3.05, 3.63) is 78.1 Å². The molecule has 1 aromatic heterocycles. The minimum absolute atomic E-state index is 0.175. The Balaban J connectivity index is 1.57. The minimum atomic E-state index is -0.583. The third-order valence-electron chi connectivity index (χ3n) is 3.70. The lowest BCUT2D eigenvalue weighted by Gasteiger charge is -2.10. The van der Waals surface area contributed by atoms with Crippen molar-refractivity contribution < 1.29 is 19.1 Å². The molecule has 0 aliphatic carbocycles. The quantitative estimate of drug-likeness (QED) is 0.562. The SMILES string of the molecule is NC(=O)c1cccc(OCC(=O)Nc2cccc(NC(=O)c3cccnn3)c2)c1. The first-order valence-electron chi connectivity index (χ1n) is 8.53. The summed E-state index contributed by atoms with van der Waals surface area (Å²) in [5, 5.41) is 12.7. The molecule has 0 bridgehead atoms. The van der Waals surface area contributed by atoms with Crippen molar-refractivity contribution in [3.8, 4) is 5.75 Å². The highest BCUT2D eigenvalue weighted by molar-refractivity contribution is 6.03. The maximum absolute atomic E-state index is 12.1. The molecule has 0 aliphatic heterocycles. The Morgan fingerprint density at radius 2 is 1.69 bits per heavy atom. The third-order valence-corrected chi connectivity index (χ3v) is 3.70. The van der Waals surface area contributed by atoms with Crippen LogP contribution < -0.4 is 21.1 Å². The summed E-state index contributed by atoms with van der Waals surface area (Å²) in [7, 11) is 0. The largest absolute Gasteiger partial charge is 0.484 e. The zero-order valence-electron chi connectivity index (χ0n) is 15.2. The van der Waals surface area contributed by atoms with Gasteiger partial charge in [-0.25, -0.2) is 0 Å². The molecule has 4 N–H and O–H groups in total. The van der Waals surface area contributed by atoms with Gasteiger partial charge < -0.3 is 21.1 Å². The number of amides is 3. The van der Waals surface area contributed by atoms with Crippen LogP contribution in [-0.4, -0.2) is 34.5 Å². The molecule has 2 aromatic carbocycles. The Morgan fingerprint density at radius 3 is 2.41 bits per heavy atom. The summed E-state index contributed by atoms with van der Waals surface area (Å²) in [5.74, 6) is -1.06. The molecule has 9 nitrogen and oxygen atoms in total. The van der Waals surface area contributed by atoms with Crippen LogP contribution in [0.3, 0.4) is 0 Å². The van der Waals surface area contributed by atoms with Gasteiger partial charge in [-0.05, 0) is 48.5 Å². The average molecular weight is 391 g/mol. The zero-order valence-corrected chi connectivity index (χ0v) is 15.2. The second-order valence-corrected chi connectivity index (χ2v) is 5.87. The maximum atomic E-state index is 12.1. The molecule has 0 radical (unpaired) electrons. The van der Waals surface area contributed by atoms with Crippen molar-refractivity contribution in [2.45, 2.75) is 0 Å². The first kappa shape index (κ1) is 19.5. The van der Waals surface area contributed by atoms with Gasteiger partial charge in [0, 0.05) is 23.1 Å². The molecular weight excluding hydrogens is 374 g/mol. The number of nitrogens with zero attached hydrogens (tertiary/aromatic N) is 2. The minimum Gasteiger partial charge on any atom is -0.484 e. The van der Waals surface area contributed by atoms with E-state index in [1.165, 1.54) is 12.3 Å². The van der Waals surface area contributed by atoms with Crippen LogP contribution >= 0.6 is 0 Å². The smallest absolute Gasteiger partial charge is 0.276 e. The van der Waals surface area contributed by atoms with E-state index in [-0.39, 0.29) is 17.9 Å². The number of anilines is 2. The number of benzene rings is 2. The molecule has 9 heteroatoms. The summed E-state index contributed by atoms with van der Waals surface area (Å²) in [4.78, 5) is 35.4. The van der Waals surface area contributed by atoms with E-state index in [9.17, 15) is 14.4 Å². The van der Waals surface area contributed by atoms with Crippen LogP contribution in [0, 0.1) is 0 Å². The molecule has 1 heterocycles. The summed E-state index contributed by atoms with van der Waals surface area (Å²) < 4.78 is 5.38. The number of primary amides is 1. The zero-order chi connectivity index (χ0) is 20.6. The number of nitrogens with two attached hydrogens (primary N) is 1. The van der Waals surface area contributed by atoms with Crippen LogP contribution in [0.4, 0.5) is 11.4 Å². The molecule has 3 amide bonds. The fraction of sp³-hybridized carbons (Fsp3) is 0.0500. The van der Waals surface area contributed by atoms with Gasteiger partial charge in [0.25, 0.3) is 11.8 Å². The van der Waals surface area contributed by atoms with Crippen LogP contribution in [0.15, 0.2) is 66.9 Å². The molecular formula is C20H17N5O4. The number of carbonyl (C=O) groups is 3. The van der Waals surface area contributed by atoms with Gasteiger partial charge in [-0.15, -0.1) is 5.10 Å². The van der Waals surface area contributed by atoms with Crippen molar-refractivity contribution in [1.29, 1.82) is 0 Å². The van der Waals surface area contributed by atoms with E-state index in [1.54, 1.807) is 54.6 Å². The van der Waals surface area contributed by atoms with E-state index >= 15 is 0 Å². The van der Waals surface area contributed by atoms with E-state index in [4.69, 9.17) is 10.5 Å². The molecule has 0 saturated carbocycles. The van der Waals surface area contributed by atoms with Gasteiger partial charge in [0.2, 0.25) is 5.91 Å². The first-order valence-corrected chi connectivity index (χ1v) is 8.53. The predicted molar refractivity (Wildman–Crippen MR) is 106 cm³/mol. The molecule has 0 fully saturated rings. The molecule has 3 aromatic rings. The van der Waals surface area contributed by atoms with E-state index in [1.807, 2.05) is 0 Å². The van der Waals surface area contributed by atoms with Crippen molar-refractivity contribution >= 4 is 29.1 Å². The summed E-state index contributed by atoms with van der Waals surface area (Å²) in [5.41, 5.74) is 6.63. The van der Waals surface area contributed by atoms with Crippen molar-refractivity contribution in [3.63, 3.8) is 0 Å². The fourth-order valence-electron chi connectivity index (χ4n) is 2.38. The summed E-state index contributed by atoms with van der Waals surface area (Å²) in [6.07, 6.45) is 1.47. The normalized spacial score (nSPS) is 10.1. The highest BCUT2D eigenvalue weighted by atomic mass is 16.5. The molecule has 0 unspecified atom stereocenters. The fourth-order valence-corrected chi connectivity index (χ4v) is 2.38. The Morgan fingerprint density at radius 1 is 0.931 bits per heavy atom. The standard InChI is InChI=1S/C20H17N5O4/c21-19(27)13-4-1-7-16(10-13)29-12-18(26)23-14-5-2-6-15(11-14)24-20(28)17-8-3-9-22-25-17/h1-11H,12H2,(H2,21,27)(H,23,26)(H,24,28). The third kappa shape index (κ3) is 5.60. The van der Waals surface area contributed by atoms with Gasteiger partial charge in [-0.3, -0.25) is 14.4 Å². The van der Waals surface area contributed by atoms with Gasteiger partial charge in [0.1, 0.15) is 5.75 Å². The summed E-state index contributed by atoms with van der Waals surface area (Å²) in [6, 6.07) is 16.0. The molecule has 29 heavy (non-hydrogen) atoms. The Hall–Kier alpha value is -4.27. The molecule has 0 saturated heterocycles. The van der Waals surface area contributed by atoms with Crippen LogP contribution in [0.1, 0.15) is 20.8 Å². The molecule has 0 atom stereocenters. The van der Waals surface area contributed by atoms with Crippen LogP contribution in [-0.2, 0) is 4.79 Å². The monoisotopic (exact) mass is 391 g/mol. The summed E-state index contributed by atoms with van der Waals surface area (Å²) >= 11 is 0. The number of nitrogens with one attached hydrogen (secondary N) is 2. The number of hydrogen-bond donors (Lipinski definition) is 3. The molecule has 3 rings (SSSR count). The lowest BCUT2D eigenvalue weighted by Crippen LogP contribution is -2.20. The van der Waals surface area contributed by atoms with Crippen molar-refractivity contribution in [1.82, 2.24) is 10.2 Å². The van der Waals surface area contributed by atoms with Crippen LogP contribution in [0.25, 0.3) is 0 Å². The van der Waals surface area contributed by atoms with E-state index < -0.39 is 17.7 Å². The van der Waals surface area contributed by atoms with E-state index in [0.29, 0.717) is 17.1 Å². The Bertz CT molecular complexity index is 1040. The van der Waals surface area contributed by atoms with Gasteiger partial charge in [0.05, 0.1) is 0 Å². The lowest BCUT2D eigenvalue weighted by atomic mass is 10.2. The lowest BCUT2D eigenvalue weighted by molar-refractivity contribution is -0.118. The number of rotatable bonds is 7. The second-order valence-electron chi connectivity index (χ2n) is 5.87.